The summed E-state index contributed by atoms with van der Waals surface area (Å²) in [6.45, 7) is 5.14. The highest BCUT2D eigenvalue weighted by atomic mass is 16.5. The fraction of sp³-hybridized carbons (Fsp3) is 0.312. The smallest absolute Gasteiger partial charge is 0.336 e. The Morgan fingerprint density at radius 3 is 2.40 bits per heavy atom. The van der Waals surface area contributed by atoms with Gasteiger partial charge in [0.25, 0.3) is 0 Å². The standard InChI is InChI=1S/C32H33NO7/c1-5-38-23-8-6-21(7-9-23)15-31(34)33-13-12-22-16-29(36-3)30(37-4)18-26(22)27(33)19-39-24-10-11-25-20(2)14-32(35)40-28(25)17-24/h6-11,14,16-18,27H,5,12-13,15,19H2,1-4H3/t27-/m1/s1. The van der Waals surface area contributed by atoms with Crippen LogP contribution in [0.4, 0.5) is 0 Å². The minimum absolute atomic E-state index is 0.00155. The lowest BCUT2D eigenvalue weighted by Crippen LogP contribution is -2.43. The Balaban J connectivity index is 1.44. The first-order valence-corrected chi connectivity index (χ1v) is 13.3. The van der Waals surface area contributed by atoms with Gasteiger partial charge in [0, 0.05) is 24.1 Å². The monoisotopic (exact) mass is 543 g/mol. The van der Waals surface area contributed by atoms with E-state index in [1.165, 1.54) is 6.07 Å². The Kier molecular flexibility index (Phi) is 7.96. The van der Waals surface area contributed by atoms with Crippen molar-refractivity contribution in [1.82, 2.24) is 4.90 Å². The minimum Gasteiger partial charge on any atom is -0.494 e. The number of ether oxygens (including phenoxy) is 4. The van der Waals surface area contributed by atoms with Crippen LogP contribution in [0.2, 0.25) is 0 Å². The Morgan fingerprint density at radius 1 is 0.950 bits per heavy atom. The van der Waals surface area contributed by atoms with Crippen molar-refractivity contribution in [3.8, 4) is 23.0 Å². The maximum atomic E-state index is 13.7. The molecule has 1 aliphatic rings. The highest BCUT2D eigenvalue weighted by Crippen LogP contribution is 2.39. The summed E-state index contributed by atoms with van der Waals surface area (Å²) >= 11 is 0. The second-order valence-corrected chi connectivity index (χ2v) is 9.73. The molecule has 0 saturated carbocycles. The van der Waals surface area contributed by atoms with Crippen molar-refractivity contribution in [1.29, 1.82) is 0 Å². The molecule has 0 unspecified atom stereocenters. The summed E-state index contributed by atoms with van der Waals surface area (Å²) in [4.78, 5) is 27.5. The summed E-state index contributed by atoms with van der Waals surface area (Å²) in [6.07, 6.45) is 0.938. The zero-order valence-electron chi connectivity index (χ0n) is 23.2. The molecule has 8 heteroatoms. The van der Waals surface area contributed by atoms with Gasteiger partial charge in [-0.25, -0.2) is 4.79 Å². The van der Waals surface area contributed by atoms with Gasteiger partial charge in [-0.3, -0.25) is 4.79 Å². The van der Waals surface area contributed by atoms with Crippen LogP contribution in [0.3, 0.4) is 0 Å². The van der Waals surface area contributed by atoms with Gasteiger partial charge in [-0.05, 0) is 78.9 Å². The largest absolute Gasteiger partial charge is 0.494 e. The van der Waals surface area contributed by atoms with Crippen molar-refractivity contribution in [2.75, 3.05) is 34.0 Å². The lowest BCUT2D eigenvalue weighted by molar-refractivity contribution is -0.134. The number of hydrogen-bond acceptors (Lipinski definition) is 7. The number of carbonyl (C=O) groups excluding carboxylic acids is 1. The average Bonchev–Trinajstić information content (AvgIpc) is 2.95. The van der Waals surface area contributed by atoms with Gasteiger partial charge in [-0.1, -0.05) is 12.1 Å². The summed E-state index contributed by atoms with van der Waals surface area (Å²) < 4.78 is 28.3. The van der Waals surface area contributed by atoms with Crippen LogP contribution < -0.4 is 24.6 Å². The third-order valence-corrected chi connectivity index (χ3v) is 7.24. The van der Waals surface area contributed by atoms with Gasteiger partial charge in [-0.15, -0.1) is 0 Å². The maximum absolute atomic E-state index is 13.7. The van der Waals surface area contributed by atoms with E-state index in [1.54, 1.807) is 20.3 Å². The Morgan fingerprint density at radius 2 is 1.68 bits per heavy atom. The molecule has 1 atom stereocenters. The van der Waals surface area contributed by atoms with Gasteiger partial charge < -0.3 is 28.3 Å². The number of methoxy groups -OCH3 is 2. The number of fused-ring (bicyclic) bond motifs is 2. The van der Waals surface area contributed by atoms with E-state index in [4.69, 9.17) is 23.4 Å². The molecular formula is C32H33NO7. The van der Waals surface area contributed by atoms with Gasteiger partial charge >= 0.3 is 5.63 Å². The Hall–Kier alpha value is -4.46. The molecule has 4 aromatic rings. The first-order valence-electron chi connectivity index (χ1n) is 13.3. The predicted octanol–water partition coefficient (Wildman–Crippen LogP) is 5.26. The van der Waals surface area contributed by atoms with E-state index in [0.29, 0.717) is 42.4 Å². The number of benzene rings is 3. The highest BCUT2D eigenvalue weighted by Gasteiger charge is 2.33. The van der Waals surface area contributed by atoms with Crippen LogP contribution in [-0.2, 0) is 17.6 Å². The van der Waals surface area contributed by atoms with Crippen molar-refractivity contribution in [2.45, 2.75) is 32.7 Å². The number of aryl methyl sites for hydroxylation is 1. The number of rotatable bonds is 9. The molecule has 5 rings (SSSR count). The third-order valence-electron chi connectivity index (χ3n) is 7.24. The van der Waals surface area contributed by atoms with E-state index in [0.717, 1.165) is 33.4 Å². The van der Waals surface area contributed by atoms with Crippen LogP contribution in [0.25, 0.3) is 11.0 Å². The summed E-state index contributed by atoms with van der Waals surface area (Å²) in [7, 11) is 3.21. The molecule has 3 aromatic carbocycles. The molecule has 40 heavy (non-hydrogen) atoms. The molecule has 0 radical (unpaired) electrons. The summed E-state index contributed by atoms with van der Waals surface area (Å²) in [5.41, 5.74) is 3.83. The molecule has 1 aromatic heterocycles. The maximum Gasteiger partial charge on any atom is 0.336 e. The van der Waals surface area contributed by atoms with Crippen molar-refractivity contribution in [3.05, 3.63) is 93.3 Å². The quantitative estimate of drug-likeness (QED) is 0.266. The van der Waals surface area contributed by atoms with Crippen LogP contribution in [0.1, 0.15) is 35.2 Å². The van der Waals surface area contributed by atoms with Crippen LogP contribution in [0, 0.1) is 6.92 Å². The zero-order chi connectivity index (χ0) is 28.2. The van der Waals surface area contributed by atoms with Gasteiger partial charge in [-0.2, -0.15) is 0 Å². The van der Waals surface area contributed by atoms with Crippen LogP contribution in [-0.4, -0.2) is 44.8 Å². The average molecular weight is 544 g/mol. The van der Waals surface area contributed by atoms with Crippen LogP contribution in [0.15, 0.2) is 69.9 Å². The first kappa shape index (κ1) is 27.1. The Bertz CT molecular complexity index is 1580. The number of carbonyl (C=O) groups is 1. The van der Waals surface area contributed by atoms with E-state index in [1.807, 2.05) is 67.3 Å². The van der Waals surface area contributed by atoms with E-state index in [-0.39, 0.29) is 25.0 Å². The normalized spacial score (nSPS) is 14.5. The molecule has 0 N–H and O–H groups in total. The van der Waals surface area contributed by atoms with E-state index >= 15 is 0 Å². The molecule has 208 valence electrons. The second-order valence-electron chi connectivity index (χ2n) is 9.73. The molecule has 0 bridgehead atoms. The second kappa shape index (κ2) is 11.7. The lowest BCUT2D eigenvalue weighted by atomic mass is 9.91. The predicted molar refractivity (Wildman–Crippen MR) is 152 cm³/mol. The molecule has 0 spiro atoms. The minimum atomic E-state index is -0.407. The van der Waals surface area contributed by atoms with Crippen LogP contribution >= 0.6 is 0 Å². The van der Waals surface area contributed by atoms with Gasteiger partial charge in [0.2, 0.25) is 5.91 Å². The van der Waals surface area contributed by atoms with Crippen molar-refractivity contribution >= 4 is 16.9 Å². The topological polar surface area (TPSA) is 87.4 Å². The molecule has 0 aliphatic carbocycles. The number of amides is 1. The Labute approximate surface area is 233 Å². The third kappa shape index (κ3) is 5.61. The fourth-order valence-electron chi connectivity index (χ4n) is 5.22. The van der Waals surface area contributed by atoms with Gasteiger partial charge in [0.1, 0.15) is 23.7 Å². The SMILES string of the molecule is CCOc1ccc(CC(=O)N2CCc3cc(OC)c(OC)cc3[C@H]2COc2ccc3c(C)cc(=O)oc3c2)cc1. The van der Waals surface area contributed by atoms with Crippen molar-refractivity contribution in [2.24, 2.45) is 0 Å². The molecule has 8 nitrogen and oxygen atoms in total. The van der Waals surface area contributed by atoms with Gasteiger partial charge in [0.15, 0.2) is 11.5 Å². The first-order chi connectivity index (χ1) is 19.4. The molecule has 0 fully saturated rings. The van der Waals surface area contributed by atoms with Gasteiger partial charge in [0.05, 0.1) is 33.3 Å². The summed E-state index contributed by atoms with van der Waals surface area (Å²) in [6, 6.07) is 18.1. The summed E-state index contributed by atoms with van der Waals surface area (Å²) in [5.74, 6) is 2.57. The highest BCUT2D eigenvalue weighted by molar-refractivity contribution is 5.81. The molecular weight excluding hydrogens is 510 g/mol. The van der Waals surface area contributed by atoms with E-state index in [9.17, 15) is 9.59 Å². The number of hydrogen-bond donors (Lipinski definition) is 0. The fourth-order valence-corrected chi connectivity index (χ4v) is 5.22. The summed E-state index contributed by atoms with van der Waals surface area (Å²) in [5, 5.41) is 0.846. The van der Waals surface area contributed by atoms with E-state index in [2.05, 4.69) is 0 Å². The molecule has 2 heterocycles. The number of nitrogens with zero attached hydrogens (tertiary/aromatic N) is 1. The molecule has 0 saturated heterocycles. The van der Waals surface area contributed by atoms with Crippen molar-refractivity contribution < 1.29 is 28.2 Å². The van der Waals surface area contributed by atoms with E-state index < -0.39 is 5.63 Å². The molecule has 1 amide bonds. The van der Waals surface area contributed by atoms with Crippen molar-refractivity contribution in [3.63, 3.8) is 0 Å². The zero-order valence-corrected chi connectivity index (χ0v) is 23.2. The molecule has 1 aliphatic heterocycles. The van der Waals surface area contributed by atoms with Crippen LogP contribution in [0.5, 0.6) is 23.0 Å². The lowest BCUT2D eigenvalue weighted by Gasteiger charge is -2.37.